The summed E-state index contributed by atoms with van der Waals surface area (Å²) in [7, 11) is 0. The molecule has 1 aromatic rings. The molecular formula is C10H13WY-3. The van der Waals surface area contributed by atoms with Crippen LogP contribution in [0.5, 0.6) is 0 Å². The predicted octanol–water partition coefficient (Wildman–Crippen LogP) is 2.87. The van der Waals surface area contributed by atoms with Gasteiger partial charge in [-0.3, -0.25) is 6.07 Å². The second-order valence-electron chi connectivity index (χ2n) is 1.67. The second kappa shape index (κ2) is 11.8. The van der Waals surface area contributed by atoms with E-state index in [9.17, 15) is 0 Å². The van der Waals surface area contributed by atoms with Crippen LogP contribution in [0.25, 0.3) is 0 Å². The third-order valence-corrected chi connectivity index (χ3v) is 1.04. The molecule has 0 saturated carbocycles. The first-order chi connectivity index (χ1) is 4.80. The zero-order valence-corrected chi connectivity index (χ0v) is 13.4. The smallest absolute Gasteiger partial charge is 0 e. The molecule has 65 valence electrons. The van der Waals surface area contributed by atoms with Crippen molar-refractivity contribution in [3.8, 4) is 0 Å². The average Bonchev–Trinajstić information content (AvgIpc) is 2.00. The standard InChI is InChI=1S/C8H7.C2H6.W.Y/c1-7-5-3-4-6-8(7)2;1-2;;/h3-5H,1-2H2;1-2H3;;/q-3;;;. The fourth-order valence-electron chi connectivity index (χ4n) is 0.506. The van der Waals surface area contributed by atoms with Gasteiger partial charge in [0.05, 0.1) is 0 Å². The van der Waals surface area contributed by atoms with Crippen LogP contribution in [0, 0.1) is 19.9 Å². The molecule has 0 atom stereocenters. The first-order valence-electron chi connectivity index (χ1n) is 3.45. The van der Waals surface area contributed by atoms with Crippen molar-refractivity contribution in [1.82, 2.24) is 0 Å². The van der Waals surface area contributed by atoms with E-state index in [-0.39, 0.29) is 53.8 Å². The van der Waals surface area contributed by atoms with Gasteiger partial charge in [0, 0.05) is 53.8 Å². The van der Waals surface area contributed by atoms with Crippen molar-refractivity contribution in [3.63, 3.8) is 0 Å². The minimum atomic E-state index is 0. The Balaban J connectivity index is -0.000000189. The fourth-order valence-corrected chi connectivity index (χ4v) is 0.506. The third kappa shape index (κ3) is 7.40. The monoisotopic (exact) mass is 406 g/mol. The van der Waals surface area contributed by atoms with E-state index in [1.165, 1.54) is 0 Å². The van der Waals surface area contributed by atoms with Crippen LogP contribution in [0.1, 0.15) is 25.0 Å². The van der Waals surface area contributed by atoms with Crippen molar-refractivity contribution in [2.75, 3.05) is 0 Å². The maximum Gasteiger partial charge on any atom is 0 e. The number of benzene rings is 1. The summed E-state index contributed by atoms with van der Waals surface area (Å²) >= 11 is 0. The molecule has 2 heteroatoms. The van der Waals surface area contributed by atoms with Gasteiger partial charge in [-0.05, 0) is 0 Å². The topological polar surface area (TPSA) is 0 Å². The Hall–Kier alpha value is 0.752. The number of hydrogen-bond donors (Lipinski definition) is 0. The summed E-state index contributed by atoms with van der Waals surface area (Å²) in [6, 6.07) is 8.57. The van der Waals surface area contributed by atoms with Crippen molar-refractivity contribution >= 4 is 0 Å². The van der Waals surface area contributed by atoms with Crippen LogP contribution in [0.4, 0.5) is 0 Å². The van der Waals surface area contributed by atoms with Gasteiger partial charge < -0.3 is 31.0 Å². The summed E-state index contributed by atoms with van der Waals surface area (Å²) in [6.45, 7) is 11.4. The quantitative estimate of drug-likeness (QED) is 0.582. The second-order valence-corrected chi connectivity index (χ2v) is 1.67. The van der Waals surface area contributed by atoms with Gasteiger partial charge in [0.15, 0.2) is 0 Å². The third-order valence-electron chi connectivity index (χ3n) is 1.04. The fraction of sp³-hybridized carbons (Fsp3) is 0.200. The van der Waals surface area contributed by atoms with Gasteiger partial charge in [-0.25, -0.2) is 6.07 Å². The molecule has 12 heavy (non-hydrogen) atoms. The zero-order chi connectivity index (χ0) is 7.98. The summed E-state index contributed by atoms with van der Waals surface area (Å²) < 4.78 is 0. The molecule has 0 bridgehead atoms. The van der Waals surface area contributed by atoms with E-state index in [1.54, 1.807) is 0 Å². The van der Waals surface area contributed by atoms with Crippen LogP contribution in [0.15, 0.2) is 18.2 Å². The Bertz CT molecular complexity index is 166. The Morgan fingerprint density at radius 2 is 1.75 bits per heavy atom. The van der Waals surface area contributed by atoms with Crippen molar-refractivity contribution in [1.29, 1.82) is 0 Å². The maximum absolute atomic E-state index is 3.73. The van der Waals surface area contributed by atoms with Gasteiger partial charge in [-0.1, -0.05) is 13.8 Å². The molecule has 0 aliphatic rings. The maximum atomic E-state index is 3.73. The van der Waals surface area contributed by atoms with E-state index in [2.05, 4.69) is 19.9 Å². The Kier molecular flexibility index (Phi) is 18.1. The molecule has 1 radical (unpaired) electrons. The van der Waals surface area contributed by atoms with Gasteiger partial charge in [0.2, 0.25) is 0 Å². The molecule has 0 amide bonds. The van der Waals surface area contributed by atoms with E-state index < -0.39 is 0 Å². The van der Waals surface area contributed by atoms with Gasteiger partial charge in [0.25, 0.3) is 0 Å². The van der Waals surface area contributed by atoms with Crippen molar-refractivity contribution in [3.05, 3.63) is 49.2 Å². The predicted molar refractivity (Wildman–Crippen MR) is 45.5 cm³/mol. The summed E-state index contributed by atoms with van der Waals surface area (Å²) in [6.07, 6.45) is 0. The van der Waals surface area contributed by atoms with Crippen LogP contribution in [-0.4, -0.2) is 0 Å². The minimum absolute atomic E-state index is 0. The number of hydrogen-bond acceptors (Lipinski definition) is 0. The molecule has 0 heterocycles. The van der Waals surface area contributed by atoms with Gasteiger partial charge >= 0.3 is 0 Å². The van der Waals surface area contributed by atoms with Crippen LogP contribution < -0.4 is 0 Å². The van der Waals surface area contributed by atoms with E-state index in [1.807, 2.05) is 32.0 Å². The van der Waals surface area contributed by atoms with Gasteiger partial charge in [-0.15, -0.1) is 0 Å². The molecule has 0 saturated heterocycles. The summed E-state index contributed by atoms with van der Waals surface area (Å²) in [4.78, 5) is 0. The van der Waals surface area contributed by atoms with Crippen LogP contribution in [-0.2, 0) is 53.8 Å². The Morgan fingerprint density at radius 1 is 1.25 bits per heavy atom. The number of rotatable bonds is 0. The molecule has 0 N–H and O–H groups in total. The Labute approximate surface area is 116 Å². The van der Waals surface area contributed by atoms with Gasteiger partial charge in [0.1, 0.15) is 0 Å². The first-order valence-corrected chi connectivity index (χ1v) is 3.45. The molecule has 0 fully saturated rings. The molecule has 0 nitrogen and oxygen atoms in total. The van der Waals surface area contributed by atoms with Crippen molar-refractivity contribution in [2.45, 2.75) is 13.8 Å². The van der Waals surface area contributed by atoms with Crippen LogP contribution >= 0.6 is 0 Å². The first kappa shape index (κ1) is 18.5. The largest absolute Gasteiger partial charge is 0.480 e. The summed E-state index contributed by atoms with van der Waals surface area (Å²) in [5.41, 5.74) is 1.83. The summed E-state index contributed by atoms with van der Waals surface area (Å²) in [5.74, 6) is 0. The molecule has 0 unspecified atom stereocenters. The molecule has 1 rings (SSSR count). The van der Waals surface area contributed by atoms with Crippen molar-refractivity contribution in [2.24, 2.45) is 0 Å². The van der Waals surface area contributed by atoms with E-state index in [0.29, 0.717) is 0 Å². The molecule has 1 aromatic carbocycles. The van der Waals surface area contributed by atoms with E-state index in [0.717, 1.165) is 11.1 Å². The SMILES string of the molecule is CC.[CH2-]c1[c-]cccc1[CH2-].[W].[Y]. The minimum Gasteiger partial charge on any atom is -0.480 e. The van der Waals surface area contributed by atoms with Crippen molar-refractivity contribution < 1.29 is 53.8 Å². The molecule has 0 aliphatic carbocycles. The Morgan fingerprint density at radius 3 is 2.00 bits per heavy atom. The molecular weight excluding hydrogens is 393 g/mol. The normalized spacial score (nSPS) is 6.50. The van der Waals surface area contributed by atoms with Crippen LogP contribution in [0.3, 0.4) is 0 Å². The van der Waals surface area contributed by atoms with Crippen LogP contribution in [0.2, 0.25) is 0 Å². The van der Waals surface area contributed by atoms with E-state index in [4.69, 9.17) is 0 Å². The van der Waals surface area contributed by atoms with Gasteiger partial charge in [-0.2, -0.15) is 6.07 Å². The average molecular weight is 406 g/mol. The molecule has 0 aromatic heterocycles. The summed E-state index contributed by atoms with van der Waals surface area (Å²) in [5, 5.41) is 0. The van der Waals surface area contributed by atoms with E-state index >= 15 is 0 Å². The zero-order valence-electron chi connectivity index (χ0n) is 7.63. The molecule has 0 spiro atoms. The molecule has 0 aliphatic heterocycles.